The van der Waals surface area contributed by atoms with E-state index in [4.69, 9.17) is 5.73 Å². The Morgan fingerprint density at radius 2 is 1.90 bits per heavy atom. The van der Waals surface area contributed by atoms with Crippen molar-refractivity contribution >= 4 is 0 Å². The van der Waals surface area contributed by atoms with E-state index < -0.39 is 0 Å². The second-order valence-corrected chi connectivity index (χ2v) is 2.67. The Labute approximate surface area is 61.9 Å². The van der Waals surface area contributed by atoms with Gasteiger partial charge in [0.1, 0.15) is 0 Å². The van der Waals surface area contributed by atoms with Gasteiger partial charge in [-0.05, 0) is 18.9 Å². The summed E-state index contributed by atoms with van der Waals surface area (Å²) < 4.78 is 0. The van der Waals surface area contributed by atoms with E-state index >= 15 is 0 Å². The maximum Gasteiger partial charge on any atom is 0.00509 e. The minimum Gasteiger partial charge on any atom is -0.328 e. The van der Waals surface area contributed by atoms with Crippen LogP contribution in [0.5, 0.6) is 0 Å². The number of rotatable bonds is 2. The highest BCUT2D eigenvalue weighted by Crippen LogP contribution is 2.00. The van der Waals surface area contributed by atoms with Crippen LogP contribution in [0.25, 0.3) is 0 Å². The zero-order chi connectivity index (χ0) is 7.40. The van der Waals surface area contributed by atoms with Gasteiger partial charge in [0.05, 0.1) is 0 Å². The van der Waals surface area contributed by atoms with Gasteiger partial charge in [-0.25, -0.2) is 0 Å². The standard InChI is InChI=1S/C9H13N/c1-8(10)7-9-5-3-2-4-6-9/h2-6,8H,7,10H2,1H3/t8-/m1/s1/i1+1. The Morgan fingerprint density at radius 1 is 1.30 bits per heavy atom. The molecule has 54 valence electrons. The van der Waals surface area contributed by atoms with Crippen molar-refractivity contribution < 1.29 is 0 Å². The fourth-order valence-electron chi connectivity index (χ4n) is 0.986. The minimum absolute atomic E-state index is 0.266. The van der Waals surface area contributed by atoms with Gasteiger partial charge in [-0.3, -0.25) is 0 Å². The van der Waals surface area contributed by atoms with Crippen LogP contribution in [0.15, 0.2) is 30.3 Å². The Bertz CT molecular complexity index is 179. The summed E-state index contributed by atoms with van der Waals surface area (Å²) in [4.78, 5) is 0. The molecule has 1 aromatic carbocycles. The van der Waals surface area contributed by atoms with Crippen molar-refractivity contribution in [3.05, 3.63) is 35.9 Å². The van der Waals surface area contributed by atoms with Gasteiger partial charge >= 0.3 is 0 Å². The van der Waals surface area contributed by atoms with E-state index in [1.807, 2.05) is 25.1 Å². The molecule has 1 nitrogen and oxygen atoms in total. The summed E-state index contributed by atoms with van der Waals surface area (Å²) in [7, 11) is 0. The predicted molar refractivity (Wildman–Crippen MR) is 43.8 cm³/mol. The van der Waals surface area contributed by atoms with Gasteiger partial charge in [-0.2, -0.15) is 0 Å². The van der Waals surface area contributed by atoms with Gasteiger partial charge in [-0.15, -0.1) is 0 Å². The van der Waals surface area contributed by atoms with E-state index in [9.17, 15) is 0 Å². The second-order valence-electron chi connectivity index (χ2n) is 2.67. The minimum atomic E-state index is 0.266. The first-order valence-electron chi connectivity index (χ1n) is 3.58. The molecule has 1 heteroatoms. The van der Waals surface area contributed by atoms with E-state index in [0.717, 1.165) is 6.42 Å². The molecule has 0 aliphatic heterocycles. The number of nitrogens with two attached hydrogens (primary N) is 1. The zero-order valence-electron chi connectivity index (χ0n) is 6.25. The van der Waals surface area contributed by atoms with Gasteiger partial charge in [-0.1, -0.05) is 30.3 Å². The summed E-state index contributed by atoms with van der Waals surface area (Å²) in [5.74, 6) is 0. The van der Waals surface area contributed by atoms with Crippen LogP contribution in [-0.2, 0) is 6.42 Å². The molecule has 0 amide bonds. The lowest BCUT2D eigenvalue weighted by atomic mass is 10.1. The molecule has 1 rings (SSSR count). The molecule has 0 unspecified atom stereocenters. The molecule has 0 fully saturated rings. The summed E-state index contributed by atoms with van der Waals surface area (Å²) in [6, 6.07) is 10.6. The highest BCUT2D eigenvalue weighted by molar-refractivity contribution is 5.15. The Kier molecular flexibility index (Phi) is 2.46. The topological polar surface area (TPSA) is 26.0 Å². The number of hydrogen-bond acceptors (Lipinski definition) is 1. The van der Waals surface area contributed by atoms with Crippen molar-refractivity contribution in [3.63, 3.8) is 0 Å². The number of hydrogen-bond donors (Lipinski definition) is 1. The monoisotopic (exact) mass is 136 g/mol. The van der Waals surface area contributed by atoms with Crippen molar-refractivity contribution in [1.82, 2.24) is 0 Å². The van der Waals surface area contributed by atoms with E-state index in [2.05, 4.69) is 12.1 Å². The van der Waals surface area contributed by atoms with E-state index in [0.29, 0.717) is 0 Å². The molecule has 0 spiro atoms. The van der Waals surface area contributed by atoms with Gasteiger partial charge < -0.3 is 5.73 Å². The maximum absolute atomic E-state index is 5.62. The van der Waals surface area contributed by atoms with Crippen LogP contribution in [0.4, 0.5) is 0 Å². The van der Waals surface area contributed by atoms with Gasteiger partial charge in [0.25, 0.3) is 0 Å². The smallest absolute Gasteiger partial charge is 0.00509 e. The summed E-state index contributed by atoms with van der Waals surface area (Å²) in [5.41, 5.74) is 6.94. The molecule has 0 radical (unpaired) electrons. The molecular weight excluding hydrogens is 123 g/mol. The highest BCUT2D eigenvalue weighted by Gasteiger charge is 1.94. The van der Waals surface area contributed by atoms with Crippen LogP contribution in [0.2, 0.25) is 0 Å². The zero-order valence-corrected chi connectivity index (χ0v) is 6.25. The molecule has 0 aliphatic carbocycles. The Hall–Kier alpha value is -0.820. The summed E-state index contributed by atoms with van der Waals surface area (Å²) in [6.07, 6.45) is 0.973. The van der Waals surface area contributed by atoms with Gasteiger partial charge in [0.2, 0.25) is 0 Å². The van der Waals surface area contributed by atoms with Crippen LogP contribution in [0, 0.1) is 0 Å². The molecule has 10 heavy (non-hydrogen) atoms. The van der Waals surface area contributed by atoms with Crippen molar-refractivity contribution in [2.24, 2.45) is 5.73 Å². The fourth-order valence-corrected chi connectivity index (χ4v) is 0.986. The normalized spacial score (nSPS) is 13.0. The number of benzene rings is 1. The van der Waals surface area contributed by atoms with E-state index in [-0.39, 0.29) is 6.04 Å². The molecule has 2 N–H and O–H groups in total. The molecule has 0 heterocycles. The largest absolute Gasteiger partial charge is 0.328 e. The average molecular weight is 136 g/mol. The van der Waals surface area contributed by atoms with Crippen molar-refractivity contribution in [2.75, 3.05) is 0 Å². The first-order valence-corrected chi connectivity index (χ1v) is 3.58. The summed E-state index contributed by atoms with van der Waals surface area (Å²) in [5, 5.41) is 0. The highest BCUT2D eigenvalue weighted by atomic mass is 14.6. The van der Waals surface area contributed by atoms with Crippen LogP contribution in [-0.4, -0.2) is 6.04 Å². The van der Waals surface area contributed by atoms with Crippen molar-refractivity contribution in [1.29, 1.82) is 0 Å². The second kappa shape index (κ2) is 3.37. The van der Waals surface area contributed by atoms with Crippen LogP contribution < -0.4 is 5.73 Å². The third kappa shape index (κ3) is 2.19. The fraction of sp³-hybridized carbons (Fsp3) is 0.333. The third-order valence-electron chi connectivity index (χ3n) is 1.40. The van der Waals surface area contributed by atoms with Gasteiger partial charge in [0, 0.05) is 6.04 Å². The molecule has 1 atom stereocenters. The van der Waals surface area contributed by atoms with Crippen LogP contribution in [0.1, 0.15) is 12.5 Å². The van der Waals surface area contributed by atoms with Gasteiger partial charge in [0.15, 0.2) is 0 Å². The lowest BCUT2D eigenvalue weighted by Gasteiger charge is -2.02. The van der Waals surface area contributed by atoms with E-state index in [1.165, 1.54) is 5.56 Å². The summed E-state index contributed by atoms with van der Waals surface area (Å²) >= 11 is 0. The molecule has 0 aliphatic rings. The quantitative estimate of drug-likeness (QED) is 0.614. The van der Waals surface area contributed by atoms with Crippen molar-refractivity contribution in [2.45, 2.75) is 19.4 Å². The predicted octanol–water partition coefficient (Wildman–Crippen LogP) is 1.58. The van der Waals surface area contributed by atoms with Crippen LogP contribution >= 0.6 is 0 Å². The first-order chi connectivity index (χ1) is 4.79. The lowest BCUT2D eigenvalue weighted by molar-refractivity contribution is 0.738. The van der Waals surface area contributed by atoms with Crippen molar-refractivity contribution in [3.8, 4) is 0 Å². The average Bonchev–Trinajstić information content (AvgIpc) is 1.88. The molecule has 0 bridgehead atoms. The molecule has 0 saturated carbocycles. The Morgan fingerprint density at radius 3 is 2.40 bits per heavy atom. The molecule has 0 saturated heterocycles. The SMILES string of the molecule is [13CH3][C@@H](N)Cc1ccccc1. The molecule has 1 aromatic rings. The lowest BCUT2D eigenvalue weighted by Crippen LogP contribution is -2.17. The maximum atomic E-state index is 5.62. The third-order valence-corrected chi connectivity index (χ3v) is 1.40. The van der Waals surface area contributed by atoms with Crippen LogP contribution in [0.3, 0.4) is 0 Å². The summed E-state index contributed by atoms with van der Waals surface area (Å²) in [6.45, 7) is 2.02. The molecular formula is C9H13N. The van der Waals surface area contributed by atoms with E-state index in [1.54, 1.807) is 0 Å². The molecule has 0 aromatic heterocycles. The Balaban J connectivity index is 2.59. The first kappa shape index (κ1) is 7.29.